The number of halogens is 1. The average Bonchev–Trinajstić information content (AvgIpc) is 2.98. The van der Waals surface area contributed by atoms with Crippen LogP contribution >= 0.6 is 11.8 Å². The van der Waals surface area contributed by atoms with Crippen molar-refractivity contribution in [2.45, 2.75) is 6.92 Å². The van der Waals surface area contributed by atoms with Crippen LogP contribution in [0.4, 0.5) is 10.1 Å². The number of allylic oxidation sites excluding steroid dienone is 1. The Morgan fingerprint density at radius 1 is 1.25 bits per heavy atom. The zero-order valence-corrected chi connectivity index (χ0v) is 15.9. The van der Waals surface area contributed by atoms with Gasteiger partial charge in [0, 0.05) is 6.54 Å². The Morgan fingerprint density at radius 2 is 1.96 bits per heavy atom. The number of carbonyl (C=O) groups excluding carboxylic acids is 1. The van der Waals surface area contributed by atoms with E-state index in [9.17, 15) is 14.0 Å². The van der Waals surface area contributed by atoms with E-state index >= 15 is 0 Å². The van der Waals surface area contributed by atoms with Gasteiger partial charge < -0.3 is 5.11 Å². The number of aromatic carboxylic acids is 1. The predicted molar refractivity (Wildman–Crippen MR) is 109 cm³/mol. The quantitative estimate of drug-likeness (QED) is 0.587. The number of carbonyl (C=O) groups is 2. The van der Waals surface area contributed by atoms with E-state index in [4.69, 9.17) is 5.11 Å². The van der Waals surface area contributed by atoms with Gasteiger partial charge >= 0.3 is 5.97 Å². The molecule has 1 fully saturated rings. The number of aliphatic imine (C=N–C) groups is 1. The lowest BCUT2D eigenvalue weighted by molar-refractivity contribution is -0.121. The van der Waals surface area contributed by atoms with Gasteiger partial charge in [-0.2, -0.15) is 0 Å². The summed E-state index contributed by atoms with van der Waals surface area (Å²) in [6.45, 7) is 5.75. The molecule has 7 heteroatoms. The highest BCUT2D eigenvalue weighted by Gasteiger charge is 2.34. The number of hydrogen-bond donors (Lipinski definition) is 1. The number of rotatable bonds is 5. The van der Waals surface area contributed by atoms with E-state index in [1.807, 2.05) is 0 Å². The molecule has 2 aromatic rings. The molecule has 1 amide bonds. The molecule has 142 valence electrons. The van der Waals surface area contributed by atoms with Crippen molar-refractivity contribution in [1.29, 1.82) is 0 Å². The topological polar surface area (TPSA) is 70.0 Å². The summed E-state index contributed by atoms with van der Waals surface area (Å²) >= 11 is 1.20. The average molecular weight is 396 g/mol. The van der Waals surface area contributed by atoms with Crippen LogP contribution in [-0.4, -0.2) is 33.6 Å². The molecule has 1 saturated heterocycles. The van der Waals surface area contributed by atoms with Gasteiger partial charge in [0.05, 0.1) is 16.2 Å². The van der Waals surface area contributed by atoms with E-state index in [1.54, 1.807) is 37.3 Å². The molecule has 3 rings (SSSR count). The first-order valence-corrected chi connectivity index (χ1v) is 9.22. The minimum atomic E-state index is -1.05. The first-order valence-electron chi connectivity index (χ1n) is 8.40. The van der Waals surface area contributed by atoms with Gasteiger partial charge in [-0.3, -0.25) is 9.69 Å². The van der Waals surface area contributed by atoms with Crippen LogP contribution in [0, 0.1) is 5.82 Å². The maximum Gasteiger partial charge on any atom is 0.335 e. The number of carboxylic acid groups (broad SMARTS) is 1. The molecule has 0 atom stereocenters. The molecule has 1 aliphatic heterocycles. The fourth-order valence-electron chi connectivity index (χ4n) is 2.66. The van der Waals surface area contributed by atoms with Gasteiger partial charge in [0.25, 0.3) is 5.91 Å². The molecule has 1 aliphatic rings. The summed E-state index contributed by atoms with van der Waals surface area (Å²) in [4.78, 5) is 30.5. The summed E-state index contributed by atoms with van der Waals surface area (Å²) in [6.07, 6.45) is 1.60. The lowest BCUT2D eigenvalue weighted by Gasteiger charge is -2.12. The van der Waals surface area contributed by atoms with Crippen molar-refractivity contribution in [2.75, 3.05) is 6.54 Å². The Bertz CT molecular complexity index is 1010. The van der Waals surface area contributed by atoms with Crippen LogP contribution in [0.25, 0.3) is 5.57 Å². The minimum Gasteiger partial charge on any atom is -0.478 e. The number of thioether (sulfide) groups is 1. The first kappa shape index (κ1) is 19.6. The summed E-state index contributed by atoms with van der Waals surface area (Å²) < 4.78 is 13.2. The van der Waals surface area contributed by atoms with Crippen LogP contribution in [-0.2, 0) is 4.79 Å². The fourth-order valence-corrected chi connectivity index (χ4v) is 3.73. The van der Waals surface area contributed by atoms with Crippen LogP contribution in [0.3, 0.4) is 0 Å². The van der Waals surface area contributed by atoms with E-state index in [2.05, 4.69) is 11.6 Å². The lowest BCUT2D eigenvalue weighted by Crippen LogP contribution is -2.29. The van der Waals surface area contributed by atoms with Gasteiger partial charge in [-0.25, -0.2) is 14.2 Å². The summed E-state index contributed by atoms with van der Waals surface area (Å²) in [6, 6.07) is 12.1. The highest BCUT2D eigenvalue weighted by molar-refractivity contribution is 8.18. The van der Waals surface area contributed by atoms with Crippen LogP contribution in [0.15, 0.2) is 71.1 Å². The Hall–Kier alpha value is -3.19. The van der Waals surface area contributed by atoms with Crippen molar-refractivity contribution in [3.8, 4) is 0 Å². The molecular weight excluding hydrogens is 379 g/mol. The second-order valence-electron chi connectivity index (χ2n) is 6.02. The van der Waals surface area contributed by atoms with Crippen LogP contribution in [0.5, 0.6) is 0 Å². The van der Waals surface area contributed by atoms with E-state index in [-0.39, 0.29) is 23.8 Å². The normalized spacial score (nSPS) is 17.1. The van der Waals surface area contributed by atoms with Gasteiger partial charge in [0.1, 0.15) is 5.82 Å². The van der Waals surface area contributed by atoms with Gasteiger partial charge in [0.2, 0.25) is 0 Å². The third-order valence-corrected chi connectivity index (χ3v) is 5.29. The Labute approximate surface area is 165 Å². The van der Waals surface area contributed by atoms with Gasteiger partial charge in [0.15, 0.2) is 5.17 Å². The van der Waals surface area contributed by atoms with Crippen molar-refractivity contribution in [2.24, 2.45) is 4.99 Å². The number of nitrogens with zero attached hydrogens (tertiary/aromatic N) is 2. The van der Waals surface area contributed by atoms with Crippen molar-refractivity contribution < 1.29 is 19.1 Å². The molecule has 0 radical (unpaired) electrons. The van der Waals surface area contributed by atoms with Gasteiger partial charge in [-0.15, -0.1) is 6.58 Å². The van der Waals surface area contributed by atoms with Gasteiger partial charge in [-0.05, 0) is 60.2 Å². The molecule has 1 heterocycles. The molecule has 0 unspecified atom stereocenters. The number of benzene rings is 2. The largest absolute Gasteiger partial charge is 0.478 e. The number of amides is 1. The Balaban J connectivity index is 2.02. The summed E-state index contributed by atoms with van der Waals surface area (Å²) in [5, 5.41) is 9.58. The van der Waals surface area contributed by atoms with Crippen LogP contribution in [0.1, 0.15) is 22.8 Å². The monoisotopic (exact) mass is 396 g/mol. The van der Waals surface area contributed by atoms with Crippen molar-refractivity contribution >= 4 is 40.1 Å². The third kappa shape index (κ3) is 4.04. The number of hydrogen-bond acceptors (Lipinski definition) is 4. The first-order chi connectivity index (χ1) is 13.4. The zero-order valence-electron chi connectivity index (χ0n) is 15.1. The standard InChI is InChI=1S/C21H17FN2O3S/c1-3-11-24-19(25)18(13(2)14-7-9-16(22)10-8-14)28-21(24)23-17-6-4-5-15(12-17)20(26)27/h3-10,12H,1,11H2,2H3,(H,26,27)/b18-13-,23-21?. The molecule has 5 nitrogen and oxygen atoms in total. The van der Waals surface area contributed by atoms with Crippen LogP contribution < -0.4 is 0 Å². The molecule has 28 heavy (non-hydrogen) atoms. The van der Waals surface area contributed by atoms with Crippen molar-refractivity contribution in [1.82, 2.24) is 4.90 Å². The Kier molecular flexibility index (Phi) is 5.75. The maximum atomic E-state index is 13.2. The number of carboxylic acids is 1. The molecule has 0 bridgehead atoms. The van der Waals surface area contributed by atoms with E-state index < -0.39 is 5.97 Å². The highest BCUT2D eigenvalue weighted by Crippen LogP contribution is 2.37. The fraction of sp³-hybridized carbons (Fsp3) is 0.0952. The highest BCUT2D eigenvalue weighted by atomic mass is 32.2. The minimum absolute atomic E-state index is 0.115. The Morgan fingerprint density at radius 3 is 2.61 bits per heavy atom. The smallest absolute Gasteiger partial charge is 0.335 e. The van der Waals surface area contributed by atoms with Crippen LogP contribution in [0.2, 0.25) is 0 Å². The van der Waals surface area contributed by atoms with Gasteiger partial charge in [-0.1, -0.05) is 24.3 Å². The van der Waals surface area contributed by atoms with E-state index in [1.165, 1.54) is 40.9 Å². The predicted octanol–water partition coefficient (Wildman–Crippen LogP) is 4.70. The summed E-state index contributed by atoms with van der Waals surface area (Å²) in [5.74, 6) is -1.62. The summed E-state index contributed by atoms with van der Waals surface area (Å²) in [5.41, 5.74) is 2.01. The molecule has 0 aliphatic carbocycles. The van der Waals surface area contributed by atoms with E-state index in [0.717, 1.165) is 5.56 Å². The SMILES string of the molecule is C=CCN1C(=O)/C(=C(\C)c2ccc(F)cc2)SC1=Nc1cccc(C(=O)O)c1. The molecule has 0 spiro atoms. The van der Waals surface area contributed by atoms with E-state index in [0.29, 0.717) is 21.3 Å². The summed E-state index contributed by atoms with van der Waals surface area (Å²) in [7, 11) is 0. The molecular formula is C21H17FN2O3S. The lowest BCUT2D eigenvalue weighted by atomic mass is 10.1. The zero-order chi connectivity index (χ0) is 20.3. The maximum absolute atomic E-state index is 13.2. The molecule has 0 aromatic heterocycles. The third-order valence-electron chi connectivity index (χ3n) is 4.11. The molecule has 0 saturated carbocycles. The molecule has 2 aromatic carbocycles. The van der Waals surface area contributed by atoms with Crippen molar-refractivity contribution in [3.05, 3.63) is 83.0 Å². The second-order valence-corrected chi connectivity index (χ2v) is 6.99. The van der Waals surface area contributed by atoms with Crippen molar-refractivity contribution in [3.63, 3.8) is 0 Å². The molecule has 1 N–H and O–H groups in total. The number of amidine groups is 1. The second kappa shape index (κ2) is 8.22.